The molecule has 1 fully saturated rings. The van der Waals surface area contributed by atoms with Crippen molar-refractivity contribution in [3.63, 3.8) is 0 Å². The number of rotatable bonds is 7. The van der Waals surface area contributed by atoms with Gasteiger partial charge in [0.2, 0.25) is 5.91 Å². The Bertz CT molecular complexity index is 1440. The Morgan fingerprint density at radius 1 is 1.05 bits per heavy atom. The fraction of sp³-hybridized carbons (Fsp3) is 0.423. The van der Waals surface area contributed by atoms with E-state index in [9.17, 15) is 40.8 Å². The van der Waals surface area contributed by atoms with Crippen molar-refractivity contribution in [2.75, 3.05) is 0 Å². The number of furan rings is 1. The van der Waals surface area contributed by atoms with Crippen LogP contribution in [0.4, 0.5) is 30.7 Å². The van der Waals surface area contributed by atoms with Gasteiger partial charge >= 0.3 is 18.3 Å². The van der Waals surface area contributed by atoms with Crippen molar-refractivity contribution in [3.05, 3.63) is 47.8 Å². The van der Waals surface area contributed by atoms with Crippen molar-refractivity contribution >= 4 is 33.8 Å². The number of carboxylic acid groups (broad SMARTS) is 1. The number of nitrogens with one attached hydrogen (secondary N) is 2. The molecule has 0 unspecified atom stereocenters. The number of carbonyl (C=O) groups excluding carboxylic acids is 1. The van der Waals surface area contributed by atoms with Crippen molar-refractivity contribution in [2.45, 2.75) is 63.1 Å². The SMILES string of the molecule is CC(C)C[C@H](N[C@@H](c1ccc2c(c1)oc1cc(F)ccc12)C(F)(F)F)C(=O)NC1(C#N)CC1.O=C(O)C(F)(F)F. The molecule has 0 spiro atoms. The Balaban J connectivity index is 0.000000559. The van der Waals surface area contributed by atoms with Gasteiger partial charge in [-0.15, -0.1) is 0 Å². The number of hydrogen-bond donors (Lipinski definition) is 3. The predicted molar refractivity (Wildman–Crippen MR) is 128 cm³/mol. The maximum Gasteiger partial charge on any atom is 0.490 e. The van der Waals surface area contributed by atoms with Crippen LogP contribution in [-0.4, -0.2) is 40.9 Å². The van der Waals surface area contributed by atoms with E-state index in [1.54, 1.807) is 13.8 Å². The molecule has 1 aromatic heterocycles. The lowest BCUT2D eigenvalue weighted by molar-refractivity contribution is -0.192. The molecule has 2 atom stereocenters. The molecule has 3 N–H and O–H groups in total. The summed E-state index contributed by atoms with van der Waals surface area (Å²) >= 11 is 0. The Labute approximate surface area is 222 Å². The van der Waals surface area contributed by atoms with Gasteiger partial charge in [-0.05, 0) is 48.9 Å². The van der Waals surface area contributed by atoms with E-state index >= 15 is 0 Å². The summed E-state index contributed by atoms with van der Waals surface area (Å²) in [6, 6.07) is 6.78. The Morgan fingerprint density at radius 2 is 1.60 bits per heavy atom. The van der Waals surface area contributed by atoms with Crippen LogP contribution in [0.3, 0.4) is 0 Å². The van der Waals surface area contributed by atoms with Crippen molar-refractivity contribution in [1.82, 2.24) is 10.6 Å². The predicted octanol–water partition coefficient (Wildman–Crippen LogP) is 6.14. The number of carboxylic acids is 1. The van der Waals surface area contributed by atoms with E-state index in [1.165, 1.54) is 36.4 Å². The molecule has 1 aliphatic carbocycles. The molecule has 0 saturated heterocycles. The highest BCUT2D eigenvalue weighted by atomic mass is 19.4. The number of fused-ring (bicyclic) bond motifs is 3. The molecule has 7 nitrogen and oxygen atoms in total. The van der Waals surface area contributed by atoms with Crippen molar-refractivity contribution < 1.29 is 49.8 Å². The van der Waals surface area contributed by atoms with Crippen LogP contribution in [0.25, 0.3) is 21.9 Å². The third kappa shape index (κ3) is 7.41. The van der Waals surface area contributed by atoms with Gasteiger partial charge in [-0.1, -0.05) is 26.0 Å². The lowest BCUT2D eigenvalue weighted by Gasteiger charge is -2.29. The second-order valence-corrected chi connectivity index (χ2v) is 9.81. The Morgan fingerprint density at radius 3 is 2.08 bits per heavy atom. The molecule has 4 rings (SSSR count). The van der Waals surface area contributed by atoms with Gasteiger partial charge in [0.05, 0.1) is 12.1 Å². The molecule has 1 heterocycles. The summed E-state index contributed by atoms with van der Waals surface area (Å²) in [6.45, 7) is 3.61. The highest BCUT2D eigenvalue weighted by Gasteiger charge is 2.47. The minimum absolute atomic E-state index is 0.0629. The molecule has 216 valence electrons. The third-order valence-electron chi connectivity index (χ3n) is 6.08. The van der Waals surface area contributed by atoms with E-state index in [0.717, 1.165) is 0 Å². The standard InChI is InChI=1S/C24H23F4N3O2.C2HF3O2/c1-13(2)9-18(22(32)31-23(12-29)7-8-23)30-21(24(26,27)28)14-3-5-16-17-6-4-15(25)11-20(17)33-19(16)10-14;3-2(4,5)1(6)7/h3-6,10-11,13,18,21,30H,7-9H2,1-2H3,(H,31,32);(H,6,7)/t18-,21-;/m0./s1. The summed E-state index contributed by atoms with van der Waals surface area (Å²) in [5.41, 5.74) is -0.681. The summed E-state index contributed by atoms with van der Waals surface area (Å²) in [4.78, 5) is 21.7. The van der Waals surface area contributed by atoms with Crippen molar-refractivity contribution in [2.24, 2.45) is 5.92 Å². The second-order valence-electron chi connectivity index (χ2n) is 9.81. The van der Waals surface area contributed by atoms with E-state index < -0.39 is 47.7 Å². The number of carbonyl (C=O) groups is 2. The average Bonchev–Trinajstić information content (AvgIpc) is 3.51. The molecule has 0 radical (unpaired) electrons. The first kappa shape index (κ1) is 30.7. The maximum absolute atomic E-state index is 14.1. The van der Waals surface area contributed by atoms with Gasteiger partial charge in [0, 0.05) is 16.8 Å². The molecular weight excluding hydrogens is 551 g/mol. The number of amides is 1. The molecule has 2 aromatic carbocycles. The maximum atomic E-state index is 14.1. The molecule has 40 heavy (non-hydrogen) atoms. The Hall–Kier alpha value is -3.86. The molecular formula is C26H24F7N3O4. The van der Waals surface area contributed by atoms with Gasteiger partial charge in [0.25, 0.3) is 0 Å². The van der Waals surface area contributed by atoms with Gasteiger partial charge in [-0.25, -0.2) is 9.18 Å². The van der Waals surface area contributed by atoms with E-state index in [2.05, 4.69) is 10.6 Å². The number of hydrogen-bond acceptors (Lipinski definition) is 5. The molecule has 1 amide bonds. The fourth-order valence-corrected chi connectivity index (χ4v) is 3.96. The number of nitrogens with zero attached hydrogens (tertiary/aromatic N) is 1. The zero-order valence-electron chi connectivity index (χ0n) is 21.1. The molecule has 1 aliphatic rings. The smallest absolute Gasteiger partial charge is 0.475 e. The van der Waals surface area contributed by atoms with Gasteiger partial charge in [-0.3, -0.25) is 10.1 Å². The van der Waals surface area contributed by atoms with Gasteiger partial charge in [0.1, 0.15) is 28.6 Å². The van der Waals surface area contributed by atoms with Crippen molar-refractivity contribution in [1.29, 1.82) is 5.26 Å². The van der Waals surface area contributed by atoms with Gasteiger partial charge in [-0.2, -0.15) is 31.6 Å². The summed E-state index contributed by atoms with van der Waals surface area (Å²) < 4.78 is 93.2. The van der Waals surface area contributed by atoms with Crippen LogP contribution in [0.5, 0.6) is 0 Å². The second kappa shape index (κ2) is 11.3. The van der Waals surface area contributed by atoms with E-state index in [4.69, 9.17) is 14.3 Å². The van der Waals surface area contributed by atoms with Gasteiger partial charge in [0.15, 0.2) is 0 Å². The molecule has 3 aromatic rings. The summed E-state index contributed by atoms with van der Waals surface area (Å²) in [5.74, 6) is -3.96. The minimum Gasteiger partial charge on any atom is -0.475 e. The highest BCUT2D eigenvalue weighted by molar-refractivity contribution is 6.05. The lowest BCUT2D eigenvalue weighted by Crippen LogP contribution is -2.52. The molecule has 14 heteroatoms. The third-order valence-corrected chi connectivity index (χ3v) is 6.08. The highest BCUT2D eigenvalue weighted by Crippen LogP contribution is 2.38. The van der Waals surface area contributed by atoms with E-state index in [-0.39, 0.29) is 29.1 Å². The summed E-state index contributed by atoms with van der Waals surface area (Å²) in [5, 5.41) is 22.6. The number of alkyl halides is 6. The largest absolute Gasteiger partial charge is 0.490 e. The fourth-order valence-electron chi connectivity index (χ4n) is 3.96. The van der Waals surface area contributed by atoms with Crippen LogP contribution < -0.4 is 10.6 Å². The molecule has 0 bridgehead atoms. The number of halogens is 7. The minimum atomic E-state index is -5.08. The Kier molecular flexibility index (Phi) is 8.69. The lowest BCUT2D eigenvalue weighted by atomic mass is 9.98. The quantitative estimate of drug-likeness (QED) is 0.292. The summed E-state index contributed by atoms with van der Waals surface area (Å²) in [6.07, 6.45) is -8.66. The monoisotopic (exact) mass is 575 g/mol. The zero-order valence-corrected chi connectivity index (χ0v) is 21.1. The average molecular weight is 575 g/mol. The number of aliphatic carboxylic acids is 1. The van der Waals surface area contributed by atoms with Gasteiger partial charge < -0.3 is 14.8 Å². The summed E-state index contributed by atoms with van der Waals surface area (Å²) in [7, 11) is 0. The normalized spacial score (nSPS) is 16.1. The molecule has 0 aliphatic heterocycles. The topological polar surface area (TPSA) is 115 Å². The zero-order chi connectivity index (χ0) is 30.0. The first-order chi connectivity index (χ1) is 18.5. The van der Waals surface area contributed by atoms with E-state index in [1.807, 2.05) is 6.07 Å². The van der Waals surface area contributed by atoms with Crippen LogP contribution >= 0.6 is 0 Å². The molecule has 1 saturated carbocycles. The van der Waals surface area contributed by atoms with Crippen LogP contribution in [0.1, 0.15) is 44.7 Å². The first-order valence-electron chi connectivity index (χ1n) is 11.9. The number of benzene rings is 2. The van der Waals surface area contributed by atoms with Crippen LogP contribution in [0.15, 0.2) is 40.8 Å². The van der Waals surface area contributed by atoms with Crippen LogP contribution in [-0.2, 0) is 9.59 Å². The first-order valence-corrected chi connectivity index (χ1v) is 11.9. The number of nitriles is 1. The van der Waals surface area contributed by atoms with Crippen molar-refractivity contribution in [3.8, 4) is 6.07 Å². The van der Waals surface area contributed by atoms with Crippen LogP contribution in [0.2, 0.25) is 0 Å². The van der Waals surface area contributed by atoms with E-state index in [0.29, 0.717) is 23.6 Å². The van der Waals surface area contributed by atoms with Crippen LogP contribution in [0, 0.1) is 23.1 Å².